The van der Waals surface area contributed by atoms with Crippen molar-refractivity contribution in [1.29, 1.82) is 0 Å². The van der Waals surface area contributed by atoms with Gasteiger partial charge in [0.1, 0.15) is 0 Å². The molecule has 0 saturated carbocycles. The average molecular weight is 764 g/mol. The third-order valence-electron chi connectivity index (χ3n) is 10.2. The van der Waals surface area contributed by atoms with Gasteiger partial charge in [0, 0.05) is 0 Å². The van der Waals surface area contributed by atoms with E-state index in [-0.39, 0.29) is 0 Å². The molecule has 12 heteroatoms. The number of hydrogen-bond acceptors (Lipinski definition) is 8. The maximum absolute atomic E-state index is 14.4. The number of nitrogens with one attached hydrogen (secondary N) is 2. The Labute approximate surface area is 309 Å². The van der Waals surface area contributed by atoms with Gasteiger partial charge in [0.05, 0.1) is 0 Å². The molecule has 0 spiro atoms. The molecule has 1 unspecified atom stereocenters. The monoisotopic (exact) mass is 763 g/mol. The molecule has 0 aromatic heterocycles. The van der Waals surface area contributed by atoms with Crippen LogP contribution in [0.1, 0.15) is 6.42 Å². The summed E-state index contributed by atoms with van der Waals surface area (Å²) in [6, 6.07) is 46.5. The van der Waals surface area contributed by atoms with E-state index in [1.165, 1.54) is 0 Å². The van der Waals surface area contributed by atoms with E-state index in [9.17, 15) is 14.4 Å². The van der Waals surface area contributed by atoms with Crippen molar-refractivity contribution in [2.45, 2.75) is 6.42 Å². The Morgan fingerprint density at radius 3 is 1.75 bits per heavy atom. The molecule has 0 saturated heterocycles. The topological polar surface area (TPSA) is 113 Å². The van der Waals surface area contributed by atoms with Crippen molar-refractivity contribution in [3.05, 3.63) is 146 Å². The number of rotatable bonds is 10. The van der Waals surface area contributed by atoms with Crippen molar-refractivity contribution >= 4 is 39.2 Å². The van der Waals surface area contributed by atoms with Gasteiger partial charge in [-0.25, -0.2) is 0 Å². The Morgan fingerprint density at radius 1 is 0.547 bits per heavy atom. The maximum atomic E-state index is 14.4. The van der Waals surface area contributed by atoms with Crippen molar-refractivity contribution < 1.29 is 27.9 Å². The SMILES string of the molecule is O=P1(NCCCN(CCN[PH]2(O)Oc3ccccc3-c3ccccc32)[PH]2(O)Oc3ccccc3-c3ccccc32)Oc2ccccc2-c2ccccc21. The predicted molar refractivity (Wildman–Crippen MR) is 217 cm³/mol. The average Bonchev–Trinajstić information content (AvgIpc) is 3.19. The molecule has 9 nitrogen and oxygen atoms in total. The molecule has 6 aromatic rings. The van der Waals surface area contributed by atoms with Crippen LogP contribution in [-0.4, -0.2) is 40.6 Å². The summed E-state index contributed by atoms with van der Waals surface area (Å²) in [6.07, 6.45) is 0.522. The standard InChI is InChI=1S/C41H40N3O6P3/c45-51(39-23-10-4-17-33(39)30-14-1-7-20-36(30)48-51)42-26-13-28-44(53(47)41-25-12-6-19-35(41)32-16-3-9-22-38(32)50-53)29-27-43-52(46)40-24-11-5-18-34(40)31-15-2-8-21-37(31)49-52/h1-12,14-25,43,46-47,52-53H,13,26-29H2,(H,42,45). The van der Waals surface area contributed by atoms with Gasteiger partial charge in [0.25, 0.3) is 0 Å². The molecule has 3 heterocycles. The van der Waals surface area contributed by atoms with E-state index < -0.39 is 23.3 Å². The van der Waals surface area contributed by atoms with Crippen LogP contribution >= 0.6 is 23.3 Å². The fraction of sp³-hybridized carbons (Fsp3) is 0.122. The normalized spacial score (nSPS) is 19.3. The van der Waals surface area contributed by atoms with E-state index in [0.29, 0.717) is 55.2 Å². The summed E-state index contributed by atoms with van der Waals surface area (Å²) in [5, 5.41) is 8.81. The van der Waals surface area contributed by atoms with E-state index in [2.05, 4.69) is 10.2 Å². The summed E-state index contributed by atoms with van der Waals surface area (Å²) >= 11 is 0. The van der Waals surface area contributed by atoms with Gasteiger partial charge < -0.3 is 0 Å². The molecule has 6 aromatic carbocycles. The van der Waals surface area contributed by atoms with Crippen LogP contribution in [0, 0.1) is 0 Å². The Bertz CT molecular complexity index is 2400. The van der Waals surface area contributed by atoms with Crippen LogP contribution in [0.5, 0.6) is 17.2 Å². The van der Waals surface area contributed by atoms with Gasteiger partial charge in [0.15, 0.2) is 0 Å². The van der Waals surface area contributed by atoms with Gasteiger partial charge in [0.2, 0.25) is 0 Å². The van der Waals surface area contributed by atoms with Crippen LogP contribution in [0.3, 0.4) is 0 Å². The molecule has 9 rings (SSSR count). The third kappa shape index (κ3) is 6.08. The molecular formula is C41H40N3O6P3. The quantitative estimate of drug-likeness (QED) is 0.0852. The molecule has 53 heavy (non-hydrogen) atoms. The Balaban J connectivity index is 0.984. The molecular weight excluding hydrogens is 723 g/mol. The number of para-hydroxylation sites is 3. The molecule has 4 N–H and O–H groups in total. The van der Waals surface area contributed by atoms with E-state index >= 15 is 0 Å². The minimum atomic E-state index is -3.83. The predicted octanol–water partition coefficient (Wildman–Crippen LogP) is 7.18. The summed E-state index contributed by atoms with van der Waals surface area (Å²) < 4.78 is 35.6. The van der Waals surface area contributed by atoms with Crippen LogP contribution in [-0.2, 0) is 4.57 Å². The zero-order valence-corrected chi connectivity index (χ0v) is 31.7. The molecule has 0 amide bonds. The molecule has 0 bridgehead atoms. The molecule has 1 atom stereocenters. The number of nitrogens with zero attached hydrogens (tertiary/aromatic N) is 1. The van der Waals surface area contributed by atoms with Gasteiger partial charge in [-0.3, -0.25) is 0 Å². The Kier molecular flexibility index (Phi) is 8.94. The first-order chi connectivity index (χ1) is 25.9. The molecule has 3 aliphatic heterocycles. The van der Waals surface area contributed by atoms with E-state index in [1.807, 2.05) is 150 Å². The van der Waals surface area contributed by atoms with E-state index in [0.717, 1.165) is 44.0 Å². The Hall–Kier alpha value is -4.39. The Morgan fingerprint density at radius 2 is 1.06 bits per heavy atom. The zero-order chi connectivity index (χ0) is 36.0. The van der Waals surface area contributed by atoms with E-state index in [4.69, 9.17) is 13.6 Å². The van der Waals surface area contributed by atoms with Gasteiger partial charge in [-0.15, -0.1) is 0 Å². The van der Waals surface area contributed by atoms with Crippen LogP contribution < -0.4 is 39.7 Å². The van der Waals surface area contributed by atoms with Gasteiger partial charge in [-0.2, -0.15) is 0 Å². The second kappa shape index (κ2) is 13.8. The van der Waals surface area contributed by atoms with Crippen molar-refractivity contribution in [1.82, 2.24) is 14.8 Å². The summed E-state index contributed by atoms with van der Waals surface area (Å²) in [5.41, 5.74) is 5.55. The second-order valence-electron chi connectivity index (χ2n) is 13.4. The number of fused-ring (bicyclic) bond motifs is 9. The molecule has 0 radical (unpaired) electrons. The molecule has 270 valence electrons. The summed E-state index contributed by atoms with van der Waals surface area (Å²) in [4.78, 5) is 24.9. The van der Waals surface area contributed by atoms with Crippen molar-refractivity contribution in [3.63, 3.8) is 0 Å². The third-order valence-corrected chi connectivity index (χ3v) is 17.6. The summed E-state index contributed by atoms with van der Waals surface area (Å²) in [6.45, 7) is 1.41. The fourth-order valence-electron chi connectivity index (χ4n) is 7.66. The number of hydrogen-bond donors (Lipinski definition) is 4. The second-order valence-corrected chi connectivity index (χ2v) is 20.4. The summed E-state index contributed by atoms with van der Waals surface area (Å²) in [5.74, 6) is 1.84. The van der Waals surface area contributed by atoms with Crippen LogP contribution in [0.4, 0.5) is 0 Å². The van der Waals surface area contributed by atoms with Gasteiger partial charge in [-0.1, -0.05) is 0 Å². The summed E-state index contributed by atoms with van der Waals surface area (Å²) in [7, 11) is -11.0. The first-order valence-electron chi connectivity index (χ1n) is 17.8. The molecule has 0 aliphatic carbocycles. The first-order valence-corrected chi connectivity index (χ1v) is 23.1. The van der Waals surface area contributed by atoms with Crippen LogP contribution in [0.15, 0.2) is 146 Å². The van der Waals surface area contributed by atoms with Gasteiger partial charge >= 0.3 is 311 Å². The van der Waals surface area contributed by atoms with Crippen LogP contribution in [0.2, 0.25) is 0 Å². The van der Waals surface area contributed by atoms with Crippen molar-refractivity contribution in [3.8, 4) is 50.6 Å². The van der Waals surface area contributed by atoms with Crippen LogP contribution in [0.25, 0.3) is 33.4 Å². The minimum absolute atomic E-state index is 0.306. The fourth-order valence-corrected chi connectivity index (χ4v) is 14.7. The van der Waals surface area contributed by atoms with Crippen molar-refractivity contribution in [2.75, 3.05) is 26.2 Å². The van der Waals surface area contributed by atoms with Crippen molar-refractivity contribution in [2.24, 2.45) is 0 Å². The zero-order valence-electron chi connectivity index (χ0n) is 28.8. The number of benzene rings is 6. The first kappa shape index (κ1) is 34.4. The van der Waals surface area contributed by atoms with E-state index in [1.54, 1.807) is 0 Å². The van der Waals surface area contributed by atoms with Gasteiger partial charge in [-0.05, 0) is 0 Å². The molecule has 0 fully saturated rings. The molecule has 3 aliphatic rings.